The van der Waals surface area contributed by atoms with E-state index in [0.29, 0.717) is 18.2 Å². The predicted molar refractivity (Wildman–Crippen MR) is 93.5 cm³/mol. The number of aromatic nitrogens is 5. The Balaban J connectivity index is 1.79. The number of hydrogen-bond donors (Lipinski definition) is 2. The fourth-order valence-corrected chi connectivity index (χ4v) is 2.63. The molecule has 0 fully saturated rings. The zero-order valence-corrected chi connectivity index (χ0v) is 14.7. The van der Waals surface area contributed by atoms with Gasteiger partial charge in [-0.05, 0) is 49.6 Å². The molecule has 1 aliphatic carbocycles. The Morgan fingerprint density at radius 2 is 2.35 bits per heavy atom. The number of anilines is 1. The molecular formula is C15H21N9O2. The topological polar surface area (TPSA) is 140 Å². The van der Waals surface area contributed by atoms with E-state index in [0.717, 1.165) is 19.3 Å². The largest absolute Gasteiger partial charge is 0.378 e. The van der Waals surface area contributed by atoms with E-state index in [1.54, 1.807) is 6.21 Å². The molecule has 0 aliphatic heterocycles. The van der Waals surface area contributed by atoms with Crippen LogP contribution in [0.1, 0.15) is 35.4 Å². The van der Waals surface area contributed by atoms with Gasteiger partial charge in [-0.15, -0.1) is 5.10 Å². The molecular weight excluding hydrogens is 338 g/mol. The van der Waals surface area contributed by atoms with Gasteiger partial charge in [-0.25, -0.2) is 10.1 Å². The molecule has 0 unspecified atom stereocenters. The highest BCUT2D eigenvalue weighted by Gasteiger charge is 2.24. The molecule has 2 heterocycles. The molecule has 3 N–H and O–H groups in total. The fraction of sp³-hybridized carbons (Fsp3) is 0.467. The number of allylic oxidation sites excluding steroid dienone is 2. The van der Waals surface area contributed by atoms with Crippen molar-refractivity contribution in [3.8, 4) is 5.82 Å². The molecule has 0 spiro atoms. The molecule has 0 radical (unpaired) electrons. The van der Waals surface area contributed by atoms with E-state index in [1.165, 1.54) is 4.68 Å². The SMILES string of the molecule is CN(C)Cc1c(C(=O)N/N=C\[C@H]2CC=CCC2)nnn1-c1nonc1N. The molecule has 1 amide bonds. The van der Waals surface area contributed by atoms with E-state index < -0.39 is 5.91 Å². The van der Waals surface area contributed by atoms with Crippen molar-refractivity contribution < 1.29 is 9.42 Å². The summed E-state index contributed by atoms with van der Waals surface area (Å²) in [6.45, 7) is 0.388. The lowest BCUT2D eigenvalue weighted by molar-refractivity contribution is 0.0948. The van der Waals surface area contributed by atoms with E-state index in [1.807, 2.05) is 19.0 Å². The summed E-state index contributed by atoms with van der Waals surface area (Å²) in [5.41, 5.74) is 8.88. The Labute approximate surface area is 149 Å². The first kappa shape index (κ1) is 17.7. The fourth-order valence-electron chi connectivity index (χ4n) is 2.63. The number of nitrogens with two attached hydrogens (primary N) is 1. The van der Waals surface area contributed by atoms with Crippen LogP contribution in [-0.2, 0) is 6.54 Å². The number of nitrogens with one attached hydrogen (secondary N) is 1. The second kappa shape index (κ2) is 7.87. The minimum absolute atomic E-state index is 0.0604. The molecule has 0 bridgehead atoms. The van der Waals surface area contributed by atoms with Crippen LogP contribution in [0.2, 0.25) is 0 Å². The monoisotopic (exact) mass is 359 g/mol. The molecule has 26 heavy (non-hydrogen) atoms. The molecule has 138 valence electrons. The van der Waals surface area contributed by atoms with E-state index >= 15 is 0 Å². The van der Waals surface area contributed by atoms with Crippen molar-refractivity contribution in [2.45, 2.75) is 25.8 Å². The molecule has 11 heteroatoms. The minimum Gasteiger partial charge on any atom is -0.378 e. The average molecular weight is 359 g/mol. The Morgan fingerprint density at radius 3 is 3.00 bits per heavy atom. The summed E-state index contributed by atoms with van der Waals surface area (Å²) in [4.78, 5) is 14.4. The van der Waals surface area contributed by atoms with Crippen LogP contribution in [0, 0.1) is 5.92 Å². The zero-order chi connectivity index (χ0) is 18.5. The van der Waals surface area contributed by atoms with Crippen molar-refractivity contribution in [1.82, 2.24) is 35.6 Å². The standard InChI is InChI=1S/C15H21N9O2/c1-23(2)9-11-12(18-22-24(11)14-13(16)20-26-21-14)15(25)19-17-8-10-6-4-3-5-7-10/h3-4,8,10H,5-7,9H2,1-2H3,(H2,16,20)(H,19,25)/b17-8-/t10-/m0/s1. The maximum absolute atomic E-state index is 12.5. The Bertz CT molecular complexity index is 821. The normalized spacial score (nSPS) is 17.3. The first-order chi connectivity index (χ1) is 12.6. The van der Waals surface area contributed by atoms with Crippen molar-refractivity contribution in [3.63, 3.8) is 0 Å². The van der Waals surface area contributed by atoms with Crippen molar-refractivity contribution in [2.75, 3.05) is 19.8 Å². The lowest BCUT2D eigenvalue weighted by Gasteiger charge is -2.12. The second-order valence-electron chi connectivity index (χ2n) is 6.27. The molecule has 0 saturated carbocycles. The third-order valence-corrected chi connectivity index (χ3v) is 3.90. The number of rotatable bonds is 6. The van der Waals surface area contributed by atoms with Gasteiger partial charge < -0.3 is 10.6 Å². The van der Waals surface area contributed by atoms with Crippen molar-refractivity contribution in [3.05, 3.63) is 23.5 Å². The molecule has 3 rings (SSSR count). The van der Waals surface area contributed by atoms with E-state index in [-0.39, 0.29) is 17.3 Å². The van der Waals surface area contributed by atoms with Gasteiger partial charge in [0, 0.05) is 12.8 Å². The van der Waals surface area contributed by atoms with Crippen molar-refractivity contribution in [1.29, 1.82) is 0 Å². The summed E-state index contributed by atoms with van der Waals surface area (Å²) < 4.78 is 5.95. The van der Waals surface area contributed by atoms with Gasteiger partial charge in [0.05, 0.1) is 5.69 Å². The van der Waals surface area contributed by atoms with Crippen molar-refractivity contribution in [2.24, 2.45) is 11.0 Å². The molecule has 1 atom stereocenters. The summed E-state index contributed by atoms with van der Waals surface area (Å²) in [6, 6.07) is 0. The minimum atomic E-state index is -0.453. The number of hydrazone groups is 1. The molecule has 0 saturated heterocycles. The highest BCUT2D eigenvalue weighted by atomic mass is 16.6. The van der Waals surface area contributed by atoms with Crippen LogP contribution < -0.4 is 11.2 Å². The summed E-state index contributed by atoms with van der Waals surface area (Å²) in [7, 11) is 3.72. The van der Waals surface area contributed by atoms with Gasteiger partial charge in [0.1, 0.15) is 0 Å². The smallest absolute Gasteiger partial charge is 0.293 e. The Kier molecular flexibility index (Phi) is 5.37. The Hall–Kier alpha value is -3.08. The lowest BCUT2D eigenvalue weighted by atomic mass is 9.96. The molecule has 2 aromatic rings. The second-order valence-corrected chi connectivity index (χ2v) is 6.27. The molecule has 2 aromatic heterocycles. The summed E-state index contributed by atoms with van der Waals surface area (Å²) >= 11 is 0. The third kappa shape index (κ3) is 3.94. The average Bonchev–Trinajstić information content (AvgIpc) is 3.21. The first-order valence-corrected chi connectivity index (χ1v) is 8.22. The molecule has 1 aliphatic rings. The van der Waals surface area contributed by atoms with Gasteiger partial charge in [0.25, 0.3) is 5.91 Å². The van der Waals surface area contributed by atoms with Gasteiger partial charge in [0.2, 0.25) is 11.6 Å². The van der Waals surface area contributed by atoms with Crippen LogP contribution in [0.15, 0.2) is 21.9 Å². The zero-order valence-electron chi connectivity index (χ0n) is 14.7. The summed E-state index contributed by atoms with van der Waals surface area (Å²) in [6.07, 6.45) is 9.02. The van der Waals surface area contributed by atoms with E-state index in [9.17, 15) is 4.79 Å². The van der Waals surface area contributed by atoms with Gasteiger partial charge in [-0.1, -0.05) is 17.4 Å². The third-order valence-electron chi connectivity index (χ3n) is 3.90. The van der Waals surface area contributed by atoms with Gasteiger partial charge in [0.15, 0.2) is 5.69 Å². The Morgan fingerprint density at radius 1 is 1.50 bits per heavy atom. The highest BCUT2D eigenvalue weighted by molar-refractivity contribution is 5.93. The van der Waals surface area contributed by atoms with Crippen LogP contribution in [0.5, 0.6) is 0 Å². The molecule has 0 aromatic carbocycles. The number of nitrogens with zero attached hydrogens (tertiary/aromatic N) is 7. The number of amides is 1. The number of nitrogen functional groups attached to an aromatic ring is 1. The maximum atomic E-state index is 12.5. The van der Waals surface area contributed by atoms with Crippen LogP contribution in [0.25, 0.3) is 5.82 Å². The first-order valence-electron chi connectivity index (χ1n) is 8.22. The van der Waals surface area contributed by atoms with Crippen molar-refractivity contribution >= 4 is 17.9 Å². The highest BCUT2D eigenvalue weighted by Crippen LogP contribution is 2.17. The summed E-state index contributed by atoms with van der Waals surface area (Å²) in [5.74, 6) is 0.125. The van der Waals surface area contributed by atoms with Crippen LogP contribution >= 0.6 is 0 Å². The van der Waals surface area contributed by atoms with Crippen LogP contribution in [0.4, 0.5) is 5.82 Å². The number of hydrogen-bond acceptors (Lipinski definition) is 9. The summed E-state index contributed by atoms with van der Waals surface area (Å²) in [5, 5.41) is 19.2. The quantitative estimate of drug-likeness (QED) is 0.428. The van der Waals surface area contributed by atoms with Gasteiger partial charge >= 0.3 is 0 Å². The number of carbonyl (C=O) groups is 1. The van der Waals surface area contributed by atoms with Gasteiger partial charge in [-0.2, -0.15) is 9.78 Å². The van der Waals surface area contributed by atoms with Crippen LogP contribution in [-0.4, -0.2) is 56.4 Å². The van der Waals surface area contributed by atoms with Crippen LogP contribution in [0.3, 0.4) is 0 Å². The predicted octanol–water partition coefficient (Wildman–Crippen LogP) is 0.366. The van der Waals surface area contributed by atoms with E-state index in [2.05, 4.69) is 47.9 Å². The number of carbonyl (C=O) groups excluding carboxylic acids is 1. The van der Waals surface area contributed by atoms with Gasteiger partial charge in [-0.3, -0.25) is 4.79 Å². The maximum Gasteiger partial charge on any atom is 0.293 e. The lowest BCUT2D eigenvalue weighted by Crippen LogP contribution is -2.23. The molecule has 11 nitrogen and oxygen atoms in total. The van der Waals surface area contributed by atoms with E-state index in [4.69, 9.17) is 5.73 Å².